The third-order valence-electron chi connectivity index (χ3n) is 5.68. The van der Waals surface area contributed by atoms with Crippen molar-refractivity contribution in [1.82, 2.24) is 0 Å². The van der Waals surface area contributed by atoms with E-state index >= 15 is 0 Å². The Kier molecular flexibility index (Phi) is 9.16. The number of anilines is 1. The second-order valence-electron chi connectivity index (χ2n) is 8.52. The maximum atomic E-state index is 11.3. The van der Waals surface area contributed by atoms with Gasteiger partial charge >= 0.3 is 0 Å². The molecular formula is C25H29N2O7S4+. The zero-order chi connectivity index (χ0) is 27.3. The molecule has 1 aromatic heterocycles. The van der Waals surface area contributed by atoms with Gasteiger partial charge in [0, 0.05) is 30.0 Å². The van der Waals surface area contributed by atoms with Gasteiger partial charge in [-0.05, 0) is 31.5 Å². The fraction of sp³-hybridized carbons (Fsp3) is 0.320. The molecule has 0 radical (unpaired) electrons. The number of thiazole rings is 1. The summed E-state index contributed by atoms with van der Waals surface area (Å²) < 4.78 is 72.5. The van der Waals surface area contributed by atoms with Gasteiger partial charge in [-0.2, -0.15) is 21.4 Å². The second kappa shape index (κ2) is 12.2. The summed E-state index contributed by atoms with van der Waals surface area (Å²) in [7, 11) is -8.12. The summed E-state index contributed by atoms with van der Waals surface area (Å²) in [5.74, 6) is -0.0654. The quantitative estimate of drug-likeness (QED) is 0.175. The Bertz CT molecular complexity index is 1580. The summed E-state index contributed by atoms with van der Waals surface area (Å²) in [6.07, 6.45) is 4.33. The van der Waals surface area contributed by atoms with Crippen LogP contribution in [0.15, 0.2) is 70.3 Å². The van der Waals surface area contributed by atoms with E-state index in [-0.39, 0.29) is 24.3 Å². The number of nitrogens with zero attached hydrogens (tertiary/aromatic N) is 2. The van der Waals surface area contributed by atoms with Gasteiger partial charge in [0.05, 0.1) is 34.9 Å². The second-order valence-corrected chi connectivity index (χ2v) is 13.8. The van der Waals surface area contributed by atoms with Gasteiger partial charge in [0.15, 0.2) is 6.54 Å². The molecule has 1 aliphatic rings. The molecule has 4 rings (SSSR count). The lowest BCUT2D eigenvalue weighted by Crippen LogP contribution is -2.36. The lowest BCUT2D eigenvalue weighted by Gasteiger charge is -2.20. The number of fused-ring (bicyclic) bond motifs is 2. The minimum Gasteiger partial charge on any atom is -0.493 e. The predicted molar refractivity (Wildman–Crippen MR) is 151 cm³/mol. The van der Waals surface area contributed by atoms with E-state index in [0.717, 1.165) is 30.8 Å². The Hall–Kier alpha value is -2.42. The maximum Gasteiger partial charge on any atom is 0.266 e. The SMILES string of the molecule is CCOC(=Cc1sc2ccccc2[n+]1CCCS(=O)(=O)O)C=C1Sc2ccccc2N1CCCS(=O)(=O)O. The van der Waals surface area contributed by atoms with Gasteiger partial charge in [0.25, 0.3) is 25.2 Å². The largest absolute Gasteiger partial charge is 0.493 e. The maximum absolute atomic E-state index is 11.3. The first-order chi connectivity index (χ1) is 18.0. The molecule has 0 saturated carbocycles. The van der Waals surface area contributed by atoms with Crippen LogP contribution in [-0.4, -0.2) is 50.6 Å². The number of thioether (sulfide) groups is 1. The third kappa shape index (κ3) is 7.58. The number of benzene rings is 2. The highest BCUT2D eigenvalue weighted by atomic mass is 32.2. The van der Waals surface area contributed by atoms with Gasteiger partial charge in [-0.25, -0.2) is 0 Å². The fourth-order valence-electron chi connectivity index (χ4n) is 4.13. The number of allylic oxidation sites excluding steroid dienone is 1. The summed E-state index contributed by atoms with van der Waals surface area (Å²) in [5, 5.41) is 1.72. The third-order valence-corrected chi connectivity index (χ3v) is 9.52. The highest BCUT2D eigenvalue weighted by molar-refractivity contribution is 8.03. The van der Waals surface area contributed by atoms with E-state index in [1.54, 1.807) is 23.1 Å². The fourth-order valence-corrected chi connectivity index (χ4v) is 7.37. The number of rotatable bonds is 12. The van der Waals surface area contributed by atoms with E-state index in [9.17, 15) is 25.9 Å². The highest BCUT2D eigenvalue weighted by Gasteiger charge is 2.26. The topological polar surface area (TPSA) is 125 Å². The number of para-hydroxylation sites is 2. The van der Waals surface area contributed by atoms with Gasteiger partial charge in [0.2, 0.25) is 5.52 Å². The van der Waals surface area contributed by atoms with Gasteiger partial charge < -0.3 is 9.64 Å². The van der Waals surface area contributed by atoms with Crippen LogP contribution in [0.2, 0.25) is 0 Å². The molecule has 0 aliphatic carbocycles. The molecule has 204 valence electrons. The van der Waals surface area contributed by atoms with Gasteiger partial charge in [-0.3, -0.25) is 9.11 Å². The molecule has 3 aromatic rings. The molecule has 38 heavy (non-hydrogen) atoms. The van der Waals surface area contributed by atoms with Gasteiger partial charge in [0.1, 0.15) is 10.5 Å². The lowest BCUT2D eigenvalue weighted by molar-refractivity contribution is -0.668. The number of ether oxygens (including phenoxy) is 1. The van der Waals surface area contributed by atoms with Crippen molar-refractivity contribution in [3.05, 3.63) is 70.4 Å². The van der Waals surface area contributed by atoms with E-state index in [0.29, 0.717) is 25.5 Å². The molecule has 2 heterocycles. The van der Waals surface area contributed by atoms with Crippen molar-refractivity contribution in [1.29, 1.82) is 0 Å². The van der Waals surface area contributed by atoms with E-state index in [1.165, 1.54) is 0 Å². The van der Waals surface area contributed by atoms with Crippen molar-refractivity contribution in [2.45, 2.75) is 31.2 Å². The zero-order valence-corrected chi connectivity index (χ0v) is 24.0. The van der Waals surface area contributed by atoms with E-state index in [4.69, 9.17) is 4.74 Å². The molecule has 0 saturated heterocycles. The van der Waals surface area contributed by atoms with Crippen LogP contribution in [0.4, 0.5) is 5.69 Å². The van der Waals surface area contributed by atoms with Crippen molar-refractivity contribution >= 4 is 65.3 Å². The molecular weight excluding hydrogens is 569 g/mol. The number of aromatic nitrogens is 1. The Morgan fingerprint density at radius 3 is 2.42 bits per heavy atom. The van der Waals surface area contributed by atoms with E-state index in [2.05, 4.69) is 0 Å². The molecule has 1 aliphatic heterocycles. The average Bonchev–Trinajstić information content (AvgIpc) is 3.35. The first-order valence-corrected chi connectivity index (χ1v) is 16.8. The monoisotopic (exact) mass is 597 g/mol. The number of hydrogen-bond acceptors (Lipinski definition) is 8. The normalized spacial score (nSPS) is 15.4. The van der Waals surface area contributed by atoms with Crippen LogP contribution in [0.3, 0.4) is 0 Å². The van der Waals surface area contributed by atoms with Gasteiger partial charge in [-0.1, -0.05) is 47.4 Å². The number of aryl methyl sites for hydroxylation is 1. The van der Waals surface area contributed by atoms with Crippen LogP contribution in [0, 0.1) is 0 Å². The van der Waals surface area contributed by atoms with Crippen LogP contribution in [0.1, 0.15) is 24.8 Å². The van der Waals surface area contributed by atoms with Crippen molar-refractivity contribution in [2.75, 3.05) is 29.6 Å². The standard InChI is InChI=1S/C25H28N2O7S4/c1-2-34-19(17-24-26(13-7-15-37(28,29)30)20-9-3-5-11-22(20)35-24)18-25-27(14-8-16-38(31,32)33)21-10-4-6-12-23(21)36-25/h3-6,9-12,17-18H,2,7-8,13-16H2,1H3,(H-,28,29,30,31,32,33)/p+1. The minimum atomic E-state index is -4.06. The van der Waals surface area contributed by atoms with Crippen LogP contribution >= 0.6 is 23.1 Å². The lowest BCUT2D eigenvalue weighted by atomic mass is 10.2. The number of hydrogen-bond donors (Lipinski definition) is 2. The molecule has 13 heteroatoms. The molecule has 0 bridgehead atoms. The van der Waals surface area contributed by atoms with Crippen LogP contribution in [0.25, 0.3) is 16.3 Å². The first-order valence-electron chi connectivity index (χ1n) is 12.0. The molecule has 2 N–H and O–H groups in total. The van der Waals surface area contributed by atoms with Gasteiger partial charge in [-0.15, -0.1) is 0 Å². The molecule has 0 atom stereocenters. The van der Waals surface area contributed by atoms with Crippen molar-refractivity contribution < 1.29 is 35.2 Å². The smallest absolute Gasteiger partial charge is 0.266 e. The van der Waals surface area contributed by atoms with Crippen LogP contribution in [-0.2, 0) is 31.5 Å². The Balaban J connectivity index is 1.69. The van der Waals surface area contributed by atoms with Crippen LogP contribution in [0.5, 0.6) is 0 Å². The van der Waals surface area contributed by atoms with E-state index < -0.39 is 20.2 Å². The Morgan fingerprint density at radius 2 is 1.68 bits per heavy atom. The van der Waals surface area contributed by atoms with E-state index in [1.807, 2.05) is 77.1 Å². The molecule has 0 fully saturated rings. The first kappa shape index (κ1) is 28.6. The summed E-state index contributed by atoms with van der Waals surface area (Å²) >= 11 is 3.10. The molecule has 2 aromatic carbocycles. The Labute approximate surface area is 230 Å². The van der Waals surface area contributed by atoms with Crippen LogP contribution < -0.4 is 9.47 Å². The van der Waals surface area contributed by atoms with Crippen molar-refractivity contribution in [3.63, 3.8) is 0 Å². The highest BCUT2D eigenvalue weighted by Crippen LogP contribution is 2.46. The van der Waals surface area contributed by atoms with Crippen molar-refractivity contribution in [3.8, 4) is 0 Å². The summed E-state index contributed by atoms with van der Waals surface area (Å²) in [6, 6.07) is 15.7. The molecule has 9 nitrogen and oxygen atoms in total. The molecule has 0 amide bonds. The Morgan fingerprint density at radius 1 is 1.00 bits per heavy atom. The summed E-state index contributed by atoms with van der Waals surface area (Å²) in [4.78, 5) is 3.05. The predicted octanol–water partition coefficient (Wildman–Crippen LogP) is 4.58. The minimum absolute atomic E-state index is 0.253. The zero-order valence-electron chi connectivity index (χ0n) is 20.7. The average molecular weight is 598 g/mol. The van der Waals surface area contributed by atoms with Crippen molar-refractivity contribution in [2.24, 2.45) is 0 Å². The summed E-state index contributed by atoms with van der Waals surface area (Å²) in [5.41, 5.74) is 1.91. The molecule has 0 unspecified atom stereocenters. The molecule has 0 spiro atoms. The summed E-state index contributed by atoms with van der Waals surface area (Å²) in [6.45, 7) is 3.10.